The fourth-order valence-electron chi connectivity index (χ4n) is 5.69. The van der Waals surface area contributed by atoms with E-state index in [4.69, 9.17) is 20.6 Å². The van der Waals surface area contributed by atoms with E-state index in [1.807, 2.05) is 0 Å². The summed E-state index contributed by atoms with van der Waals surface area (Å²) in [6.45, 7) is 12.4. The molecule has 1 N–H and O–H groups in total. The Hall–Kier alpha value is -2.10. The number of carbonyl (C=O) groups is 1. The van der Waals surface area contributed by atoms with Gasteiger partial charge in [-0.05, 0) is 20.8 Å². The monoisotopic (exact) mass is 508 g/mol. The molecule has 6 heteroatoms. The summed E-state index contributed by atoms with van der Waals surface area (Å²) < 4.78 is 18.4. The third-order valence-electron chi connectivity index (χ3n) is 8.11. The van der Waals surface area contributed by atoms with Gasteiger partial charge in [-0.1, -0.05) is 0 Å². The van der Waals surface area contributed by atoms with Gasteiger partial charge in [0.1, 0.15) is 0 Å². The van der Waals surface area contributed by atoms with Crippen LogP contribution in [0.15, 0.2) is 34.8 Å². The molecule has 0 bridgehead atoms. The van der Waals surface area contributed by atoms with Crippen LogP contribution < -0.4 is 0 Å². The molecule has 0 aromatic heterocycles. The summed E-state index contributed by atoms with van der Waals surface area (Å²) in [5, 5.41) is 10.4. The van der Waals surface area contributed by atoms with E-state index in [1.54, 1.807) is 26.8 Å². The second-order valence-corrected chi connectivity index (χ2v) is 11.7. The molecule has 2 fully saturated rings. The van der Waals surface area contributed by atoms with Gasteiger partial charge in [0.2, 0.25) is 0 Å². The first kappa shape index (κ1) is 29.5. The third-order valence-corrected chi connectivity index (χ3v) is 8.11. The predicted octanol–water partition coefficient (Wildman–Crippen LogP) is 5.56. The standard InChI is InChI=1S/C31H45BO5/c1-8-23(18-27(35-7)22(4)30(5,6)34)29(33)24-12-11-15-31(16-14-24)19-25(20-36-21(2)3)28-26(37-31)13-9-10-17-32-28/h1,13,18,21,24-25,34H,9-12,14-17,19-20H2,2-7H3/b23-18+,27-22-/t24?,25?,31-/m1/s1. The van der Waals surface area contributed by atoms with Gasteiger partial charge in [-0.15, -0.1) is 0 Å². The van der Waals surface area contributed by atoms with E-state index in [9.17, 15) is 9.90 Å². The molecule has 3 rings (SSSR count). The normalized spacial score (nSPS) is 27.4. The molecule has 0 aromatic carbocycles. The number of hydrogen-bond acceptors (Lipinski definition) is 5. The summed E-state index contributed by atoms with van der Waals surface area (Å²) in [6.07, 6.45) is 18.2. The van der Waals surface area contributed by atoms with E-state index in [0.717, 1.165) is 63.4 Å². The van der Waals surface area contributed by atoms with Gasteiger partial charge in [-0.2, -0.15) is 0 Å². The molecule has 0 aromatic rings. The van der Waals surface area contributed by atoms with E-state index in [-0.39, 0.29) is 23.4 Å². The maximum absolute atomic E-state index is 13.6. The van der Waals surface area contributed by atoms with E-state index < -0.39 is 5.60 Å². The van der Waals surface area contributed by atoms with Gasteiger partial charge in [0.15, 0.2) is 0 Å². The van der Waals surface area contributed by atoms with Crippen LogP contribution in [0.25, 0.3) is 0 Å². The molecule has 2 heterocycles. The number of ketones is 1. The Kier molecular flexibility index (Phi) is 10.1. The number of hydrogen-bond donors (Lipinski definition) is 1. The van der Waals surface area contributed by atoms with Crippen molar-refractivity contribution in [3.8, 4) is 12.3 Å². The van der Waals surface area contributed by atoms with Crippen LogP contribution in [0.4, 0.5) is 0 Å². The first-order valence-electron chi connectivity index (χ1n) is 13.9. The molecule has 37 heavy (non-hydrogen) atoms. The number of methoxy groups -OCH3 is 1. The number of carbonyl (C=O) groups excluding carboxylic acids is 1. The van der Waals surface area contributed by atoms with Gasteiger partial charge in [-0.25, -0.2) is 0 Å². The molecule has 5 nitrogen and oxygen atoms in total. The number of terminal acetylenes is 1. The molecule has 2 aliphatic heterocycles. The Morgan fingerprint density at radius 2 is 2.11 bits per heavy atom. The second-order valence-electron chi connectivity index (χ2n) is 11.7. The molecule has 1 saturated carbocycles. The summed E-state index contributed by atoms with van der Waals surface area (Å²) in [7, 11) is 1.53. The minimum absolute atomic E-state index is 0.0255. The summed E-state index contributed by atoms with van der Waals surface area (Å²) in [6, 6.07) is 0. The quantitative estimate of drug-likeness (QED) is 0.153. The van der Waals surface area contributed by atoms with Crippen LogP contribution in [0.5, 0.6) is 0 Å². The zero-order valence-corrected chi connectivity index (χ0v) is 23.7. The van der Waals surface area contributed by atoms with Crippen LogP contribution in [0.3, 0.4) is 0 Å². The van der Waals surface area contributed by atoms with E-state index in [0.29, 0.717) is 29.4 Å². The molecule has 2 unspecified atom stereocenters. The molecule has 202 valence electrons. The van der Waals surface area contributed by atoms with E-state index in [1.165, 1.54) is 12.6 Å². The zero-order valence-electron chi connectivity index (χ0n) is 23.7. The van der Waals surface area contributed by atoms with E-state index in [2.05, 4.69) is 32.8 Å². The van der Waals surface area contributed by atoms with Crippen LogP contribution in [0, 0.1) is 24.2 Å². The summed E-state index contributed by atoms with van der Waals surface area (Å²) >= 11 is 0. The van der Waals surface area contributed by atoms with Gasteiger partial charge in [0.25, 0.3) is 0 Å². The van der Waals surface area contributed by atoms with Gasteiger partial charge in [-0.3, -0.25) is 0 Å². The molecule has 3 atom stereocenters. The molecule has 1 saturated heterocycles. The predicted molar refractivity (Wildman–Crippen MR) is 150 cm³/mol. The molecule has 0 amide bonds. The van der Waals surface area contributed by atoms with Crippen LogP contribution in [-0.2, 0) is 19.0 Å². The van der Waals surface area contributed by atoms with Crippen molar-refractivity contribution in [1.82, 2.24) is 0 Å². The molecular weight excluding hydrogens is 463 g/mol. The SMILES string of the molecule is C#C/C(=C\C(OC)=C(/C)C(C)(C)O)C(=O)C1CCC[C@@]2(CC1)CC(COC(C)C)C1=BCCCC=C1O2. The van der Waals surface area contributed by atoms with Gasteiger partial charge in [0.05, 0.1) is 12.7 Å². The Labute approximate surface area is 224 Å². The topological polar surface area (TPSA) is 65.0 Å². The fourth-order valence-corrected chi connectivity index (χ4v) is 5.69. The van der Waals surface area contributed by atoms with Gasteiger partial charge >= 0.3 is 186 Å². The van der Waals surface area contributed by atoms with Crippen LogP contribution in [-0.4, -0.2) is 54.3 Å². The van der Waals surface area contributed by atoms with Gasteiger partial charge < -0.3 is 5.11 Å². The Bertz CT molecular complexity index is 1000. The van der Waals surface area contributed by atoms with Gasteiger partial charge in [0, 0.05) is 0 Å². The first-order chi connectivity index (χ1) is 17.5. The maximum atomic E-state index is 13.6. The van der Waals surface area contributed by atoms with Crippen molar-refractivity contribution >= 4 is 18.2 Å². The summed E-state index contributed by atoms with van der Waals surface area (Å²) in [4.78, 5) is 13.6. The average Bonchev–Trinajstić information content (AvgIpc) is 3.21. The molecule has 0 radical (unpaired) electrons. The van der Waals surface area contributed by atoms with Crippen molar-refractivity contribution in [3.63, 3.8) is 0 Å². The molecular formula is C31H45BO5. The molecule has 1 aliphatic carbocycles. The van der Waals surface area contributed by atoms with Crippen LogP contribution >= 0.6 is 0 Å². The second kappa shape index (κ2) is 12.6. The van der Waals surface area contributed by atoms with Crippen LogP contribution in [0.2, 0.25) is 6.32 Å². The van der Waals surface area contributed by atoms with Crippen molar-refractivity contribution in [2.45, 2.75) is 110 Å². The number of fused-ring (bicyclic) bond motifs is 1. The minimum atomic E-state index is -1.08. The fraction of sp³-hybridized carbons (Fsp3) is 0.677. The van der Waals surface area contributed by atoms with Crippen molar-refractivity contribution in [2.24, 2.45) is 11.8 Å². The molecule has 1 spiro atoms. The first-order valence-corrected chi connectivity index (χ1v) is 13.9. The average molecular weight is 509 g/mol. The Morgan fingerprint density at radius 1 is 1.35 bits per heavy atom. The van der Waals surface area contributed by atoms with Crippen molar-refractivity contribution in [2.75, 3.05) is 13.7 Å². The Morgan fingerprint density at radius 3 is 2.76 bits per heavy atom. The number of Topliss-reactive ketones (excluding diaryl/α,β-unsaturated/α-hetero) is 1. The summed E-state index contributed by atoms with van der Waals surface area (Å²) in [5.74, 6) is 4.19. The van der Waals surface area contributed by atoms with Crippen molar-refractivity contribution < 1.29 is 24.1 Å². The Balaban J connectivity index is 1.81. The third kappa shape index (κ3) is 7.48. The molecule has 3 aliphatic rings. The summed E-state index contributed by atoms with van der Waals surface area (Å²) in [5.41, 5.74) is 0.877. The van der Waals surface area contributed by atoms with Crippen molar-refractivity contribution in [3.05, 3.63) is 34.8 Å². The number of rotatable bonds is 8. The number of ether oxygens (including phenoxy) is 3. The number of aliphatic hydroxyl groups is 1. The zero-order chi connectivity index (χ0) is 27.2. The van der Waals surface area contributed by atoms with Crippen molar-refractivity contribution in [1.29, 1.82) is 0 Å². The van der Waals surface area contributed by atoms with Crippen LogP contribution in [0.1, 0.15) is 86.0 Å². The number of allylic oxidation sites excluding steroid dienone is 4. The van der Waals surface area contributed by atoms with E-state index >= 15 is 0 Å².